The highest BCUT2D eigenvalue weighted by atomic mass is 79.9. The van der Waals surface area contributed by atoms with Gasteiger partial charge >= 0.3 is 0 Å². The summed E-state index contributed by atoms with van der Waals surface area (Å²) in [6, 6.07) is 11.9. The second-order valence-electron chi connectivity index (χ2n) is 6.42. The molecule has 0 radical (unpaired) electrons. The van der Waals surface area contributed by atoms with Gasteiger partial charge in [0, 0.05) is 36.8 Å². The summed E-state index contributed by atoms with van der Waals surface area (Å²) in [6.07, 6.45) is 1.80. The molecule has 4 rings (SSSR count). The number of hydrogen-bond donors (Lipinski definition) is 0. The van der Waals surface area contributed by atoms with Gasteiger partial charge in [-0.3, -0.25) is 9.78 Å². The minimum absolute atomic E-state index is 0.0566. The maximum absolute atomic E-state index is 13.0. The van der Waals surface area contributed by atoms with E-state index in [2.05, 4.69) is 30.8 Å². The Morgan fingerprint density at radius 1 is 1.11 bits per heavy atom. The SMILES string of the molecule is Cc1nc(-c2cccs2)ccc1C(=O)N1CCN(c2ccc(Br)cn2)CC1. The first-order chi connectivity index (χ1) is 13.1. The molecular weight excluding hydrogens is 424 g/mol. The van der Waals surface area contributed by atoms with E-state index in [-0.39, 0.29) is 5.91 Å². The van der Waals surface area contributed by atoms with Crippen LogP contribution in [0.25, 0.3) is 10.6 Å². The minimum Gasteiger partial charge on any atom is -0.353 e. The normalized spacial score (nSPS) is 14.4. The molecule has 1 saturated heterocycles. The van der Waals surface area contributed by atoms with E-state index >= 15 is 0 Å². The third-order valence-electron chi connectivity index (χ3n) is 4.69. The van der Waals surface area contributed by atoms with Gasteiger partial charge in [-0.05, 0) is 58.6 Å². The number of hydrogen-bond acceptors (Lipinski definition) is 5. The van der Waals surface area contributed by atoms with Crippen molar-refractivity contribution >= 4 is 39.0 Å². The van der Waals surface area contributed by atoms with E-state index in [1.165, 1.54) is 0 Å². The average Bonchev–Trinajstić information content (AvgIpc) is 3.23. The van der Waals surface area contributed by atoms with Crippen LogP contribution in [0, 0.1) is 6.92 Å². The van der Waals surface area contributed by atoms with E-state index in [0.29, 0.717) is 18.7 Å². The van der Waals surface area contributed by atoms with Crippen LogP contribution < -0.4 is 4.90 Å². The highest BCUT2D eigenvalue weighted by Gasteiger charge is 2.24. The summed E-state index contributed by atoms with van der Waals surface area (Å²) >= 11 is 5.06. The van der Waals surface area contributed by atoms with Gasteiger partial charge in [0.25, 0.3) is 5.91 Å². The van der Waals surface area contributed by atoms with E-state index in [4.69, 9.17) is 0 Å². The molecule has 0 spiro atoms. The molecule has 5 nitrogen and oxygen atoms in total. The van der Waals surface area contributed by atoms with E-state index < -0.39 is 0 Å². The van der Waals surface area contributed by atoms with Crippen molar-refractivity contribution < 1.29 is 4.79 Å². The highest BCUT2D eigenvalue weighted by Crippen LogP contribution is 2.24. The standard InChI is InChI=1S/C20H19BrN4OS/c1-14-16(5-6-17(23-14)18-3-2-12-27-18)20(26)25-10-8-24(9-11-25)19-7-4-15(21)13-22-19/h2-7,12-13H,8-11H2,1H3. The van der Waals surface area contributed by atoms with Crippen molar-refractivity contribution in [1.82, 2.24) is 14.9 Å². The van der Waals surface area contributed by atoms with Crippen molar-refractivity contribution in [2.75, 3.05) is 31.1 Å². The van der Waals surface area contributed by atoms with Crippen LogP contribution in [0.15, 0.2) is 52.4 Å². The fraction of sp³-hybridized carbons (Fsp3) is 0.250. The topological polar surface area (TPSA) is 49.3 Å². The third kappa shape index (κ3) is 3.89. The molecule has 138 valence electrons. The first-order valence-corrected chi connectivity index (χ1v) is 10.5. The van der Waals surface area contributed by atoms with Crippen LogP contribution >= 0.6 is 27.3 Å². The van der Waals surface area contributed by atoms with Crippen LogP contribution in [0.2, 0.25) is 0 Å². The molecule has 0 N–H and O–H groups in total. The second kappa shape index (κ2) is 7.78. The molecule has 0 saturated carbocycles. The van der Waals surface area contributed by atoms with Gasteiger partial charge in [-0.2, -0.15) is 0 Å². The first-order valence-electron chi connectivity index (χ1n) is 8.79. The molecule has 0 aliphatic carbocycles. The molecule has 27 heavy (non-hydrogen) atoms. The first kappa shape index (κ1) is 18.1. The molecule has 7 heteroatoms. The minimum atomic E-state index is 0.0566. The van der Waals surface area contributed by atoms with E-state index in [1.807, 2.05) is 53.6 Å². The van der Waals surface area contributed by atoms with Crippen LogP contribution in [0.1, 0.15) is 16.1 Å². The van der Waals surface area contributed by atoms with Gasteiger partial charge in [0.05, 0.1) is 21.8 Å². The lowest BCUT2D eigenvalue weighted by atomic mass is 10.1. The van der Waals surface area contributed by atoms with Crippen molar-refractivity contribution in [1.29, 1.82) is 0 Å². The lowest BCUT2D eigenvalue weighted by molar-refractivity contribution is 0.0745. The number of anilines is 1. The zero-order chi connectivity index (χ0) is 18.8. The molecule has 0 unspecified atom stereocenters. The zero-order valence-corrected chi connectivity index (χ0v) is 17.3. The number of carbonyl (C=O) groups is 1. The van der Waals surface area contributed by atoms with Crippen molar-refractivity contribution in [3.8, 4) is 10.6 Å². The molecule has 4 heterocycles. The fourth-order valence-electron chi connectivity index (χ4n) is 3.21. The Kier molecular flexibility index (Phi) is 5.22. The summed E-state index contributed by atoms with van der Waals surface area (Å²) in [5.41, 5.74) is 2.39. The van der Waals surface area contributed by atoms with Crippen LogP contribution in [-0.4, -0.2) is 47.0 Å². The molecule has 1 aliphatic rings. The van der Waals surface area contributed by atoms with Gasteiger partial charge in [0.1, 0.15) is 5.82 Å². The number of aryl methyl sites for hydroxylation is 1. The summed E-state index contributed by atoms with van der Waals surface area (Å²) in [6.45, 7) is 4.83. The van der Waals surface area contributed by atoms with Gasteiger partial charge in [-0.25, -0.2) is 4.98 Å². The second-order valence-corrected chi connectivity index (χ2v) is 8.28. The smallest absolute Gasteiger partial charge is 0.255 e. The summed E-state index contributed by atoms with van der Waals surface area (Å²) < 4.78 is 0.967. The molecule has 1 fully saturated rings. The monoisotopic (exact) mass is 442 g/mol. The molecule has 3 aromatic rings. The Bertz CT molecular complexity index is 935. The van der Waals surface area contributed by atoms with E-state index in [1.54, 1.807) is 17.5 Å². The van der Waals surface area contributed by atoms with Crippen LogP contribution in [0.3, 0.4) is 0 Å². The Morgan fingerprint density at radius 2 is 1.93 bits per heavy atom. The lowest BCUT2D eigenvalue weighted by Gasteiger charge is -2.35. The fourth-order valence-corrected chi connectivity index (χ4v) is 4.14. The Balaban J connectivity index is 1.44. The van der Waals surface area contributed by atoms with Gasteiger partial charge in [-0.1, -0.05) is 6.07 Å². The molecule has 3 aromatic heterocycles. The number of pyridine rings is 2. The van der Waals surface area contributed by atoms with Crippen molar-refractivity contribution in [3.05, 3.63) is 63.7 Å². The number of aromatic nitrogens is 2. The van der Waals surface area contributed by atoms with E-state index in [0.717, 1.165) is 39.6 Å². The molecule has 0 bridgehead atoms. The van der Waals surface area contributed by atoms with Crippen LogP contribution in [-0.2, 0) is 0 Å². The lowest BCUT2D eigenvalue weighted by Crippen LogP contribution is -2.49. The predicted octanol–water partition coefficient (Wildman–Crippen LogP) is 4.24. The number of rotatable bonds is 3. The zero-order valence-electron chi connectivity index (χ0n) is 14.9. The van der Waals surface area contributed by atoms with Gasteiger partial charge < -0.3 is 9.80 Å². The van der Waals surface area contributed by atoms with Crippen molar-refractivity contribution in [2.45, 2.75) is 6.92 Å². The summed E-state index contributed by atoms with van der Waals surface area (Å²) in [5.74, 6) is 1.00. The highest BCUT2D eigenvalue weighted by molar-refractivity contribution is 9.10. The Hall–Kier alpha value is -2.25. The number of amides is 1. The van der Waals surface area contributed by atoms with Crippen molar-refractivity contribution in [2.24, 2.45) is 0 Å². The van der Waals surface area contributed by atoms with Gasteiger partial charge in [0.15, 0.2) is 0 Å². The molecule has 0 atom stereocenters. The maximum Gasteiger partial charge on any atom is 0.255 e. The molecular formula is C20H19BrN4OS. The quantitative estimate of drug-likeness (QED) is 0.608. The summed E-state index contributed by atoms with van der Waals surface area (Å²) in [5, 5.41) is 2.03. The van der Waals surface area contributed by atoms with Gasteiger partial charge in [0.2, 0.25) is 0 Å². The van der Waals surface area contributed by atoms with Crippen LogP contribution in [0.4, 0.5) is 5.82 Å². The summed E-state index contributed by atoms with van der Waals surface area (Å²) in [4.78, 5) is 27.3. The largest absolute Gasteiger partial charge is 0.353 e. The third-order valence-corrected chi connectivity index (χ3v) is 6.05. The Morgan fingerprint density at radius 3 is 2.56 bits per heavy atom. The molecule has 0 aromatic carbocycles. The number of halogens is 1. The average molecular weight is 443 g/mol. The molecule has 1 aliphatic heterocycles. The molecule has 1 amide bonds. The van der Waals surface area contributed by atoms with Crippen LogP contribution in [0.5, 0.6) is 0 Å². The number of thiophene rings is 1. The number of carbonyl (C=O) groups excluding carboxylic acids is 1. The van der Waals surface area contributed by atoms with E-state index in [9.17, 15) is 4.79 Å². The Labute approximate surface area is 170 Å². The predicted molar refractivity (Wildman–Crippen MR) is 112 cm³/mol. The van der Waals surface area contributed by atoms with Crippen molar-refractivity contribution in [3.63, 3.8) is 0 Å². The number of piperazine rings is 1. The number of nitrogens with zero attached hydrogens (tertiary/aromatic N) is 4. The van der Waals surface area contributed by atoms with Gasteiger partial charge in [-0.15, -0.1) is 11.3 Å². The summed E-state index contributed by atoms with van der Waals surface area (Å²) in [7, 11) is 0. The maximum atomic E-state index is 13.0.